The molecule has 166 valence electrons. The van der Waals surface area contributed by atoms with Gasteiger partial charge >= 0.3 is 0 Å². The molecule has 2 aliphatic heterocycles. The van der Waals surface area contributed by atoms with E-state index >= 15 is 0 Å². The highest BCUT2D eigenvalue weighted by atomic mass is 16.5. The summed E-state index contributed by atoms with van der Waals surface area (Å²) in [5, 5.41) is 3.78. The number of nitrogens with one attached hydrogen (secondary N) is 1. The fourth-order valence-corrected chi connectivity index (χ4v) is 5.16. The Hall–Kier alpha value is -2.37. The number of benzene rings is 2. The summed E-state index contributed by atoms with van der Waals surface area (Å²) in [7, 11) is 3.64. The number of hydrogen-bond donors (Lipinski definition) is 1. The van der Waals surface area contributed by atoms with E-state index in [0.717, 1.165) is 49.5 Å². The van der Waals surface area contributed by atoms with Gasteiger partial charge in [0.1, 0.15) is 5.75 Å². The lowest BCUT2D eigenvalue weighted by molar-refractivity contribution is -0.118. The number of amides is 1. The van der Waals surface area contributed by atoms with Crippen LogP contribution in [0.1, 0.15) is 55.3 Å². The van der Waals surface area contributed by atoms with Crippen LogP contribution in [-0.2, 0) is 17.8 Å². The lowest BCUT2D eigenvalue weighted by Crippen LogP contribution is -2.48. The van der Waals surface area contributed by atoms with E-state index in [9.17, 15) is 4.79 Å². The third-order valence-corrected chi connectivity index (χ3v) is 6.76. The van der Waals surface area contributed by atoms with Gasteiger partial charge in [0.05, 0.1) is 7.11 Å². The van der Waals surface area contributed by atoms with E-state index in [-0.39, 0.29) is 5.91 Å². The number of anilines is 1. The second-order valence-corrected chi connectivity index (χ2v) is 8.77. The van der Waals surface area contributed by atoms with Gasteiger partial charge in [-0.05, 0) is 62.0 Å². The molecule has 4 rings (SSSR count). The molecule has 2 aromatic rings. The number of rotatable bonds is 7. The van der Waals surface area contributed by atoms with Crippen molar-refractivity contribution in [3.05, 3.63) is 59.2 Å². The highest BCUT2D eigenvalue weighted by Gasteiger charge is 2.32. The van der Waals surface area contributed by atoms with Crippen LogP contribution in [0.4, 0.5) is 5.69 Å². The Kier molecular flexibility index (Phi) is 6.93. The average molecular weight is 422 g/mol. The molecule has 1 saturated heterocycles. The molecule has 0 radical (unpaired) electrons. The number of piperidine rings is 1. The van der Waals surface area contributed by atoms with Gasteiger partial charge in [0, 0.05) is 43.3 Å². The number of methoxy groups -OCH3 is 1. The molecule has 5 nitrogen and oxygen atoms in total. The molecule has 2 heterocycles. The van der Waals surface area contributed by atoms with Gasteiger partial charge in [-0.1, -0.05) is 37.3 Å². The summed E-state index contributed by atoms with van der Waals surface area (Å²) in [6.07, 6.45) is 4.82. The molecule has 0 spiro atoms. The summed E-state index contributed by atoms with van der Waals surface area (Å²) < 4.78 is 5.81. The first-order chi connectivity index (χ1) is 15.1. The van der Waals surface area contributed by atoms with E-state index in [2.05, 4.69) is 59.6 Å². The van der Waals surface area contributed by atoms with E-state index < -0.39 is 0 Å². The van der Waals surface area contributed by atoms with E-state index in [4.69, 9.17) is 4.74 Å². The van der Waals surface area contributed by atoms with Crippen molar-refractivity contribution in [2.75, 3.05) is 32.1 Å². The standard InChI is InChI=1S/C26H35N3O2/c1-4-15-29(22-11-8-14-27-26(22)19-9-6-5-7-10-19)18-21-16-23-20(17-24(21)31-3)12-13-25(30)28(23)2/h5-7,9-10,16-17,22,26-27H,4,8,11-15,18H2,1-3H3. The number of carbonyl (C=O) groups is 1. The molecule has 5 heteroatoms. The Balaban J connectivity index is 1.65. The topological polar surface area (TPSA) is 44.8 Å². The van der Waals surface area contributed by atoms with Crippen molar-refractivity contribution in [1.82, 2.24) is 10.2 Å². The molecule has 1 fully saturated rings. The molecule has 0 bridgehead atoms. The molecule has 0 saturated carbocycles. The highest BCUT2D eigenvalue weighted by molar-refractivity contribution is 5.96. The number of hydrogen-bond acceptors (Lipinski definition) is 4. The van der Waals surface area contributed by atoms with Crippen LogP contribution in [0.15, 0.2) is 42.5 Å². The normalized spacial score (nSPS) is 21.3. The number of aryl methyl sites for hydroxylation is 1. The number of ether oxygens (including phenoxy) is 1. The van der Waals surface area contributed by atoms with Crippen molar-refractivity contribution in [2.24, 2.45) is 0 Å². The van der Waals surface area contributed by atoms with E-state index in [1.165, 1.54) is 24.0 Å². The Morgan fingerprint density at radius 2 is 2.00 bits per heavy atom. The van der Waals surface area contributed by atoms with Gasteiger partial charge in [-0.2, -0.15) is 0 Å². The SMILES string of the molecule is CCCN(Cc1cc2c(cc1OC)CCC(=O)N2C)C1CCCNC1c1ccccc1. The molecule has 0 aromatic heterocycles. The van der Waals surface area contributed by atoms with Crippen LogP contribution >= 0.6 is 0 Å². The van der Waals surface area contributed by atoms with Gasteiger partial charge in [-0.3, -0.25) is 9.69 Å². The first-order valence-corrected chi connectivity index (χ1v) is 11.6. The fraction of sp³-hybridized carbons (Fsp3) is 0.500. The third-order valence-electron chi connectivity index (χ3n) is 6.76. The number of nitrogens with zero attached hydrogens (tertiary/aromatic N) is 2. The molecule has 1 amide bonds. The minimum absolute atomic E-state index is 0.189. The Morgan fingerprint density at radius 1 is 1.19 bits per heavy atom. The highest BCUT2D eigenvalue weighted by Crippen LogP contribution is 2.36. The molecular formula is C26H35N3O2. The fourth-order valence-electron chi connectivity index (χ4n) is 5.16. The van der Waals surface area contributed by atoms with Crippen LogP contribution in [0.5, 0.6) is 5.75 Å². The van der Waals surface area contributed by atoms with E-state index in [1.807, 2.05) is 7.05 Å². The maximum atomic E-state index is 12.3. The Labute approximate surface area is 186 Å². The average Bonchev–Trinajstić information content (AvgIpc) is 2.81. The van der Waals surface area contributed by atoms with E-state index in [0.29, 0.717) is 18.5 Å². The maximum Gasteiger partial charge on any atom is 0.227 e. The monoisotopic (exact) mass is 421 g/mol. The number of fused-ring (bicyclic) bond motifs is 1. The lowest BCUT2D eigenvalue weighted by atomic mass is 9.90. The summed E-state index contributed by atoms with van der Waals surface area (Å²) in [5.74, 6) is 1.12. The van der Waals surface area contributed by atoms with Crippen LogP contribution in [0.25, 0.3) is 0 Å². The van der Waals surface area contributed by atoms with Gasteiger partial charge in [0.2, 0.25) is 5.91 Å². The molecule has 2 aromatic carbocycles. The van der Waals surface area contributed by atoms with Crippen LogP contribution in [-0.4, -0.2) is 44.1 Å². The van der Waals surface area contributed by atoms with Crippen molar-refractivity contribution in [2.45, 2.75) is 57.7 Å². The zero-order valence-corrected chi connectivity index (χ0v) is 19.1. The van der Waals surface area contributed by atoms with Crippen molar-refractivity contribution in [1.29, 1.82) is 0 Å². The maximum absolute atomic E-state index is 12.3. The third kappa shape index (κ3) is 4.63. The van der Waals surface area contributed by atoms with Gasteiger partial charge < -0.3 is 15.0 Å². The predicted octanol–water partition coefficient (Wildman–Crippen LogP) is 4.31. The van der Waals surface area contributed by atoms with Gasteiger partial charge in [0.25, 0.3) is 0 Å². The van der Waals surface area contributed by atoms with Crippen molar-refractivity contribution in [3.63, 3.8) is 0 Å². The Morgan fingerprint density at radius 3 is 2.74 bits per heavy atom. The van der Waals surface area contributed by atoms with Crippen molar-refractivity contribution >= 4 is 11.6 Å². The smallest absolute Gasteiger partial charge is 0.227 e. The van der Waals surface area contributed by atoms with Crippen LogP contribution in [0, 0.1) is 0 Å². The summed E-state index contributed by atoms with van der Waals surface area (Å²) in [4.78, 5) is 16.7. The Bertz CT molecular complexity index is 899. The summed E-state index contributed by atoms with van der Waals surface area (Å²) in [6.45, 7) is 5.16. The summed E-state index contributed by atoms with van der Waals surface area (Å²) >= 11 is 0. The largest absolute Gasteiger partial charge is 0.496 e. The molecule has 2 unspecified atom stereocenters. The lowest BCUT2D eigenvalue weighted by Gasteiger charge is -2.41. The first kappa shape index (κ1) is 21.8. The zero-order valence-electron chi connectivity index (χ0n) is 19.1. The van der Waals surface area contributed by atoms with Gasteiger partial charge in [-0.15, -0.1) is 0 Å². The van der Waals surface area contributed by atoms with Gasteiger partial charge in [-0.25, -0.2) is 0 Å². The zero-order chi connectivity index (χ0) is 21.8. The number of carbonyl (C=O) groups excluding carboxylic acids is 1. The van der Waals surface area contributed by atoms with Crippen LogP contribution in [0.3, 0.4) is 0 Å². The van der Waals surface area contributed by atoms with Crippen molar-refractivity contribution < 1.29 is 9.53 Å². The molecule has 1 N–H and O–H groups in total. The first-order valence-electron chi connectivity index (χ1n) is 11.6. The molecule has 31 heavy (non-hydrogen) atoms. The molecule has 0 aliphatic carbocycles. The second-order valence-electron chi connectivity index (χ2n) is 8.77. The molecular weight excluding hydrogens is 386 g/mol. The van der Waals surface area contributed by atoms with Crippen LogP contribution in [0.2, 0.25) is 0 Å². The molecule has 2 aliphatic rings. The van der Waals surface area contributed by atoms with E-state index in [1.54, 1.807) is 12.0 Å². The van der Waals surface area contributed by atoms with Crippen LogP contribution < -0.4 is 15.0 Å². The van der Waals surface area contributed by atoms with Crippen molar-refractivity contribution in [3.8, 4) is 5.75 Å². The predicted molar refractivity (Wildman–Crippen MR) is 126 cm³/mol. The molecule has 2 atom stereocenters. The summed E-state index contributed by atoms with van der Waals surface area (Å²) in [6, 6.07) is 15.9. The minimum atomic E-state index is 0.189. The minimum Gasteiger partial charge on any atom is -0.496 e. The van der Waals surface area contributed by atoms with Gasteiger partial charge in [0.15, 0.2) is 0 Å². The quantitative estimate of drug-likeness (QED) is 0.724. The second kappa shape index (κ2) is 9.84. The summed E-state index contributed by atoms with van der Waals surface area (Å²) in [5.41, 5.74) is 4.75.